The van der Waals surface area contributed by atoms with E-state index in [0.717, 1.165) is 29.7 Å². The quantitative estimate of drug-likeness (QED) is 0.506. The minimum atomic E-state index is -0.302. The summed E-state index contributed by atoms with van der Waals surface area (Å²) in [7, 11) is 0. The number of aromatic nitrogens is 3. The fraction of sp³-hybridized carbons (Fsp3) is 0.318. The molecule has 0 aliphatic heterocycles. The molecule has 0 spiro atoms. The Kier molecular flexibility index (Phi) is 6.11. The van der Waals surface area contributed by atoms with Crippen LogP contribution in [-0.4, -0.2) is 20.7 Å². The summed E-state index contributed by atoms with van der Waals surface area (Å²) in [4.78, 5) is 12.3. The molecule has 30 heavy (non-hydrogen) atoms. The Morgan fingerprint density at radius 1 is 1.27 bits per heavy atom. The molecule has 1 unspecified atom stereocenters. The number of carbonyl (C=O) groups is 1. The van der Waals surface area contributed by atoms with Gasteiger partial charge in [0.2, 0.25) is 5.91 Å². The molecule has 1 aliphatic rings. The maximum atomic E-state index is 13.2. The lowest BCUT2D eigenvalue weighted by atomic mass is 10.2. The molecule has 0 radical (unpaired) electrons. The van der Waals surface area contributed by atoms with Gasteiger partial charge in [0, 0.05) is 16.7 Å². The maximum Gasteiger partial charge on any atom is 0.223 e. The van der Waals surface area contributed by atoms with E-state index in [4.69, 9.17) is 11.6 Å². The van der Waals surface area contributed by atoms with Crippen LogP contribution < -0.4 is 5.32 Å². The highest BCUT2D eigenvalue weighted by Gasteiger charge is 2.31. The van der Waals surface area contributed by atoms with E-state index in [9.17, 15) is 9.18 Å². The van der Waals surface area contributed by atoms with Crippen LogP contribution in [0.15, 0.2) is 47.6 Å². The van der Waals surface area contributed by atoms with Crippen LogP contribution in [0.4, 0.5) is 4.39 Å². The summed E-state index contributed by atoms with van der Waals surface area (Å²) in [6, 6.07) is 11.8. The van der Waals surface area contributed by atoms with E-state index < -0.39 is 0 Å². The van der Waals surface area contributed by atoms with Crippen LogP contribution in [0, 0.1) is 18.7 Å². The third-order valence-electron chi connectivity index (χ3n) is 5.05. The van der Waals surface area contributed by atoms with Gasteiger partial charge in [-0.2, -0.15) is 0 Å². The molecule has 1 N–H and O–H groups in total. The smallest absolute Gasteiger partial charge is 0.223 e. The minimum Gasteiger partial charge on any atom is -0.346 e. The summed E-state index contributed by atoms with van der Waals surface area (Å²) < 4.78 is 15.1. The Balaban J connectivity index is 1.66. The number of benzene rings is 2. The number of nitrogens with zero attached hydrogens (tertiary/aromatic N) is 3. The van der Waals surface area contributed by atoms with Crippen molar-refractivity contribution in [2.24, 2.45) is 5.92 Å². The van der Waals surface area contributed by atoms with Gasteiger partial charge in [-0.05, 0) is 62.1 Å². The number of hydrogen-bond donors (Lipinski definition) is 1. The van der Waals surface area contributed by atoms with E-state index in [-0.39, 0.29) is 23.7 Å². The van der Waals surface area contributed by atoms with E-state index >= 15 is 0 Å². The average molecular weight is 445 g/mol. The van der Waals surface area contributed by atoms with Gasteiger partial charge in [-0.3, -0.25) is 9.36 Å². The van der Waals surface area contributed by atoms with Crippen molar-refractivity contribution in [3.05, 3.63) is 70.3 Å². The molecule has 4 rings (SSSR count). The van der Waals surface area contributed by atoms with Crippen molar-refractivity contribution in [2.75, 3.05) is 0 Å². The zero-order chi connectivity index (χ0) is 21.3. The highest BCUT2D eigenvalue weighted by molar-refractivity contribution is 7.98. The second kappa shape index (κ2) is 8.78. The van der Waals surface area contributed by atoms with E-state index in [0.29, 0.717) is 21.8 Å². The number of aryl methyl sites for hydroxylation is 1. The van der Waals surface area contributed by atoms with Crippen molar-refractivity contribution in [3.8, 4) is 5.69 Å². The van der Waals surface area contributed by atoms with E-state index in [1.807, 2.05) is 36.6 Å². The maximum absolute atomic E-state index is 13.2. The summed E-state index contributed by atoms with van der Waals surface area (Å²) in [5.41, 5.74) is 2.87. The molecule has 5 nitrogen and oxygen atoms in total. The number of carbonyl (C=O) groups excluding carboxylic acids is 1. The Hall–Kier alpha value is -2.38. The lowest BCUT2D eigenvalue weighted by Gasteiger charge is -2.18. The first-order valence-electron chi connectivity index (χ1n) is 9.82. The molecule has 0 saturated heterocycles. The zero-order valence-electron chi connectivity index (χ0n) is 16.7. The molecule has 1 fully saturated rings. The summed E-state index contributed by atoms with van der Waals surface area (Å²) in [5, 5.41) is 13.1. The Labute approximate surface area is 184 Å². The molecule has 1 aromatic heterocycles. The first kappa shape index (κ1) is 20.9. The lowest BCUT2D eigenvalue weighted by Crippen LogP contribution is -2.29. The number of halogens is 2. The van der Waals surface area contributed by atoms with Crippen LogP contribution in [0.25, 0.3) is 5.69 Å². The van der Waals surface area contributed by atoms with E-state index in [1.165, 1.54) is 23.9 Å². The van der Waals surface area contributed by atoms with Crippen molar-refractivity contribution >= 4 is 29.3 Å². The molecule has 1 aliphatic carbocycles. The number of rotatable bonds is 7. The second-order valence-corrected chi connectivity index (χ2v) is 8.91. The minimum absolute atomic E-state index is 0.0559. The molecule has 8 heteroatoms. The van der Waals surface area contributed by atoms with Gasteiger partial charge < -0.3 is 5.32 Å². The SMILES string of the molecule is Cc1ccc(Cl)cc1-n1c(SCc2ccc(F)cc2)nnc1C(C)NC(=O)C1CC1. The molecule has 0 bridgehead atoms. The predicted octanol–water partition coefficient (Wildman–Crippen LogP) is 5.25. The molecule has 156 valence electrons. The molecule has 1 amide bonds. The third kappa shape index (κ3) is 4.68. The van der Waals surface area contributed by atoms with Gasteiger partial charge in [0.25, 0.3) is 0 Å². The summed E-state index contributed by atoms with van der Waals surface area (Å²) in [6.45, 7) is 3.91. The van der Waals surface area contributed by atoms with Gasteiger partial charge in [-0.15, -0.1) is 10.2 Å². The Morgan fingerprint density at radius 3 is 2.70 bits per heavy atom. The molecule has 3 aromatic rings. The monoisotopic (exact) mass is 444 g/mol. The van der Waals surface area contributed by atoms with Gasteiger partial charge in [0.15, 0.2) is 11.0 Å². The van der Waals surface area contributed by atoms with Gasteiger partial charge in [0.1, 0.15) is 5.82 Å². The standard InChI is InChI=1S/C22H22ClFN4OS/c1-13-3-8-17(23)11-19(13)28-20(14(2)25-21(29)16-6-7-16)26-27-22(28)30-12-15-4-9-18(24)10-5-15/h3-5,8-11,14,16H,6-7,12H2,1-2H3,(H,25,29). The first-order chi connectivity index (χ1) is 14.4. The fourth-order valence-electron chi connectivity index (χ4n) is 3.17. The zero-order valence-corrected chi connectivity index (χ0v) is 18.3. The highest BCUT2D eigenvalue weighted by atomic mass is 35.5. The average Bonchev–Trinajstić information content (AvgIpc) is 3.49. The van der Waals surface area contributed by atoms with Crippen LogP contribution in [0.1, 0.15) is 42.8 Å². The summed E-state index contributed by atoms with van der Waals surface area (Å²) in [5.74, 6) is 1.17. The summed E-state index contributed by atoms with van der Waals surface area (Å²) >= 11 is 7.78. The highest BCUT2D eigenvalue weighted by Crippen LogP contribution is 2.32. The van der Waals surface area contributed by atoms with Gasteiger partial charge in [-0.1, -0.05) is 41.6 Å². The first-order valence-corrected chi connectivity index (χ1v) is 11.2. The topological polar surface area (TPSA) is 59.8 Å². The second-order valence-electron chi connectivity index (χ2n) is 7.53. The molecular formula is C22H22ClFN4OS. The third-order valence-corrected chi connectivity index (χ3v) is 6.28. The molecule has 1 saturated carbocycles. The van der Waals surface area contributed by atoms with Crippen LogP contribution in [0.2, 0.25) is 5.02 Å². The molecule has 1 heterocycles. The largest absolute Gasteiger partial charge is 0.346 e. The normalized spacial score (nSPS) is 14.5. The van der Waals surface area contributed by atoms with Crippen LogP contribution in [0.5, 0.6) is 0 Å². The van der Waals surface area contributed by atoms with E-state index in [2.05, 4.69) is 15.5 Å². The van der Waals surface area contributed by atoms with E-state index in [1.54, 1.807) is 12.1 Å². The Bertz CT molecular complexity index is 1070. The van der Waals surface area contributed by atoms with Gasteiger partial charge in [0.05, 0.1) is 11.7 Å². The van der Waals surface area contributed by atoms with Crippen LogP contribution >= 0.6 is 23.4 Å². The van der Waals surface area contributed by atoms with Crippen LogP contribution in [-0.2, 0) is 10.5 Å². The number of hydrogen-bond acceptors (Lipinski definition) is 4. The summed E-state index contributed by atoms with van der Waals surface area (Å²) in [6.07, 6.45) is 1.88. The molecule has 1 atom stereocenters. The molecule has 2 aromatic carbocycles. The fourth-order valence-corrected chi connectivity index (χ4v) is 4.25. The number of amides is 1. The van der Waals surface area contributed by atoms with Crippen molar-refractivity contribution in [1.29, 1.82) is 0 Å². The van der Waals surface area contributed by atoms with Crippen molar-refractivity contribution in [2.45, 2.75) is 43.6 Å². The van der Waals surface area contributed by atoms with Gasteiger partial charge >= 0.3 is 0 Å². The van der Waals surface area contributed by atoms with Crippen LogP contribution in [0.3, 0.4) is 0 Å². The number of nitrogens with one attached hydrogen (secondary N) is 1. The lowest BCUT2D eigenvalue weighted by molar-refractivity contribution is -0.123. The number of thioether (sulfide) groups is 1. The predicted molar refractivity (Wildman–Crippen MR) is 116 cm³/mol. The van der Waals surface area contributed by atoms with Crippen molar-refractivity contribution < 1.29 is 9.18 Å². The molecular weight excluding hydrogens is 423 g/mol. The van der Waals surface area contributed by atoms with Crippen molar-refractivity contribution in [1.82, 2.24) is 20.1 Å². The van der Waals surface area contributed by atoms with Gasteiger partial charge in [-0.25, -0.2) is 4.39 Å². The van der Waals surface area contributed by atoms with Crippen molar-refractivity contribution in [3.63, 3.8) is 0 Å². The Morgan fingerprint density at radius 2 is 2.00 bits per heavy atom.